The number of hydrogen-bond donors (Lipinski definition) is 1. The summed E-state index contributed by atoms with van der Waals surface area (Å²) in [7, 11) is 1.65. The molecule has 3 aromatic carbocycles. The second-order valence-corrected chi connectivity index (χ2v) is 8.39. The predicted molar refractivity (Wildman–Crippen MR) is 127 cm³/mol. The number of amides is 2. The van der Waals surface area contributed by atoms with Gasteiger partial charge in [-0.15, -0.1) is 0 Å². The Hall–Kier alpha value is -3.68. The highest BCUT2D eigenvalue weighted by Crippen LogP contribution is 2.32. The number of hydrogen-bond acceptors (Lipinski definition) is 6. The fraction of sp³-hybridized carbons (Fsp3) is 0.259. The summed E-state index contributed by atoms with van der Waals surface area (Å²) < 4.78 is 11.6. The van der Waals surface area contributed by atoms with Crippen LogP contribution in [0, 0.1) is 6.92 Å². The third-order valence-corrected chi connectivity index (χ3v) is 6.00. The van der Waals surface area contributed by atoms with Crippen LogP contribution in [-0.2, 0) is 9.53 Å². The standard InChI is InChI=1S/C27H28N2O5/c1-18-11-10-14-21(17-18)23(30)25(33-22-15-8-5-9-16-22)26(31)29-27(32)34-24(19(2)28(29)3)20-12-6-4-7-13-20/h4-17,19,23-25,30H,1-3H3/t19-,23+,24-,25-/m0/s1. The van der Waals surface area contributed by atoms with Crippen LogP contribution in [0.1, 0.15) is 35.8 Å². The first-order valence-corrected chi connectivity index (χ1v) is 11.2. The van der Waals surface area contributed by atoms with E-state index in [4.69, 9.17) is 9.47 Å². The van der Waals surface area contributed by atoms with E-state index in [1.807, 2.05) is 56.3 Å². The molecule has 1 N–H and O–H groups in total. The van der Waals surface area contributed by atoms with Gasteiger partial charge in [-0.1, -0.05) is 78.4 Å². The van der Waals surface area contributed by atoms with Gasteiger partial charge in [0.25, 0.3) is 5.91 Å². The van der Waals surface area contributed by atoms with Gasteiger partial charge in [0.2, 0.25) is 6.10 Å². The topological polar surface area (TPSA) is 79.3 Å². The molecule has 1 heterocycles. The molecule has 0 bridgehead atoms. The molecule has 1 aliphatic rings. The van der Waals surface area contributed by atoms with E-state index < -0.39 is 30.3 Å². The Balaban J connectivity index is 1.64. The molecule has 0 unspecified atom stereocenters. The summed E-state index contributed by atoms with van der Waals surface area (Å²) in [5.41, 5.74) is 2.27. The zero-order chi connectivity index (χ0) is 24.2. The molecular formula is C27H28N2O5. The Labute approximate surface area is 199 Å². The van der Waals surface area contributed by atoms with E-state index in [-0.39, 0.29) is 6.04 Å². The number of ether oxygens (including phenoxy) is 2. The summed E-state index contributed by atoms with van der Waals surface area (Å²) in [4.78, 5) is 26.8. The summed E-state index contributed by atoms with van der Waals surface area (Å²) in [5.74, 6) is -0.320. The van der Waals surface area contributed by atoms with Crippen molar-refractivity contribution < 1.29 is 24.2 Å². The number of imide groups is 1. The number of likely N-dealkylation sites (N-methyl/N-ethyl adjacent to an activating group) is 1. The van der Waals surface area contributed by atoms with E-state index >= 15 is 0 Å². The van der Waals surface area contributed by atoms with Crippen LogP contribution < -0.4 is 4.74 Å². The number of aliphatic hydroxyl groups excluding tert-OH is 1. The minimum absolute atomic E-state index is 0.336. The Morgan fingerprint density at radius 3 is 2.29 bits per heavy atom. The van der Waals surface area contributed by atoms with Crippen LogP contribution in [0.4, 0.5) is 4.79 Å². The van der Waals surface area contributed by atoms with Crippen molar-refractivity contribution in [2.45, 2.75) is 38.2 Å². The molecule has 0 spiro atoms. The molecule has 2 amide bonds. The second-order valence-electron chi connectivity index (χ2n) is 8.39. The van der Waals surface area contributed by atoms with Gasteiger partial charge in [-0.3, -0.25) is 4.79 Å². The van der Waals surface area contributed by atoms with Gasteiger partial charge < -0.3 is 14.6 Å². The van der Waals surface area contributed by atoms with E-state index in [1.165, 1.54) is 5.01 Å². The zero-order valence-corrected chi connectivity index (χ0v) is 19.4. The molecule has 1 fully saturated rings. The van der Waals surface area contributed by atoms with Gasteiger partial charge in [-0.2, -0.15) is 5.01 Å². The number of carbonyl (C=O) groups is 2. The number of nitrogens with zero attached hydrogens (tertiary/aromatic N) is 2. The molecule has 34 heavy (non-hydrogen) atoms. The fourth-order valence-electron chi connectivity index (χ4n) is 4.04. The Bertz CT molecular complexity index is 1140. The van der Waals surface area contributed by atoms with Gasteiger partial charge in [0.15, 0.2) is 0 Å². The van der Waals surface area contributed by atoms with Crippen LogP contribution in [0.25, 0.3) is 0 Å². The molecule has 0 aromatic heterocycles. The van der Waals surface area contributed by atoms with Gasteiger partial charge in [0.1, 0.15) is 18.0 Å². The minimum atomic E-state index is -1.38. The second kappa shape index (κ2) is 10.1. The first kappa shape index (κ1) is 23.5. The van der Waals surface area contributed by atoms with Crippen molar-refractivity contribution in [2.75, 3.05) is 7.05 Å². The minimum Gasteiger partial charge on any atom is -0.477 e. The van der Waals surface area contributed by atoms with Crippen LogP contribution in [-0.4, -0.2) is 46.3 Å². The summed E-state index contributed by atoms with van der Waals surface area (Å²) >= 11 is 0. The quantitative estimate of drug-likeness (QED) is 0.586. The van der Waals surface area contributed by atoms with Crippen LogP contribution in [0.2, 0.25) is 0 Å². The molecule has 176 valence electrons. The largest absolute Gasteiger partial charge is 0.477 e. The van der Waals surface area contributed by atoms with Crippen molar-refractivity contribution in [3.05, 3.63) is 102 Å². The summed E-state index contributed by atoms with van der Waals surface area (Å²) in [6, 6.07) is 25.0. The Morgan fingerprint density at radius 1 is 1.00 bits per heavy atom. The number of hydrazine groups is 1. The lowest BCUT2D eigenvalue weighted by atomic mass is 10.0. The lowest BCUT2D eigenvalue weighted by molar-refractivity contribution is -0.174. The van der Waals surface area contributed by atoms with E-state index in [2.05, 4.69) is 0 Å². The average Bonchev–Trinajstić information content (AvgIpc) is 2.85. The molecule has 1 saturated heterocycles. The summed E-state index contributed by atoms with van der Waals surface area (Å²) in [5, 5.41) is 13.6. The van der Waals surface area contributed by atoms with Gasteiger partial charge in [0.05, 0.1) is 6.04 Å². The molecule has 0 radical (unpaired) electrons. The smallest absolute Gasteiger partial charge is 0.432 e. The number of rotatable bonds is 6. The maximum Gasteiger partial charge on any atom is 0.432 e. The van der Waals surface area contributed by atoms with Crippen LogP contribution in [0.3, 0.4) is 0 Å². The van der Waals surface area contributed by atoms with Gasteiger partial charge >= 0.3 is 6.09 Å². The highest BCUT2D eigenvalue weighted by atomic mass is 16.6. The van der Waals surface area contributed by atoms with Crippen LogP contribution >= 0.6 is 0 Å². The van der Waals surface area contributed by atoms with Crippen molar-refractivity contribution in [3.63, 3.8) is 0 Å². The predicted octanol–water partition coefficient (Wildman–Crippen LogP) is 4.43. The average molecular weight is 461 g/mol. The fourth-order valence-corrected chi connectivity index (χ4v) is 4.04. The van der Waals surface area contributed by atoms with Gasteiger partial charge in [-0.25, -0.2) is 9.80 Å². The molecule has 7 nitrogen and oxygen atoms in total. The van der Waals surface area contributed by atoms with Crippen LogP contribution in [0.15, 0.2) is 84.9 Å². The molecule has 4 rings (SSSR count). The number of benzene rings is 3. The monoisotopic (exact) mass is 460 g/mol. The van der Waals surface area contributed by atoms with Crippen molar-refractivity contribution in [3.8, 4) is 5.75 Å². The summed E-state index contributed by atoms with van der Waals surface area (Å²) in [6.45, 7) is 3.76. The maximum absolute atomic E-state index is 13.7. The Morgan fingerprint density at radius 2 is 1.65 bits per heavy atom. The molecule has 0 aliphatic carbocycles. The normalized spacial score (nSPS) is 20.4. The third-order valence-electron chi connectivity index (χ3n) is 6.00. The molecule has 7 heteroatoms. The third kappa shape index (κ3) is 4.81. The first-order chi connectivity index (χ1) is 16.4. The molecule has 0 saturated carbocycles. The number of carbonyl (C=O) groups excluding carboxylic acids is 2. The van der Waals surface area contributed by atoms with E-state index in [9.17, 15) is 14.7 Å². The lowest BCUT2D eigenvalue weighted by Crippen LogP contribution is -2.61. The van der Waals surface area contributed by atoms with Crippen molar-refractivity contribution in [1.82, 2.24) is 10.0 Å². The van der Waals surface area contributed by atoms with Crippen molar-refractivity contribution >= 4 is 12.0 Å². The van der Waals surface area contributed by atoms with Gasteiger partial charge in [-0.05, 0) is 37.1 Å². The number of cyclic esters (lactones) is 1. The van der Waals surface area contributed by atoms with E-state index in [1.54, 1.807) is 49.5 Å². The maximum atomic E-state index is 13.7. The highest BCUT2D eigenvalue weighted by Gasteiger charge is 2.46. The SMILES string of the molecule is Cc1cccc([C@@H](O)[C@H](Oc2ccccc2)C(=O)N2C(=O)O[C@H](c3ccccc3)[C@H](C)N2C)c1. The number of aliphatic hydroxyl groups is 1. The van der Waals surface area contributed by atoms with Crippen molar-refractivity contribution in [2.24, 2.45) is 0 Å². The van der Waals surface area contributed by atoms with Gasteiger partial charge in [0, 0.05) is 7.05 Å². The zero-order valence-electron chi connectivity index (χ0n) is 19.4. The van der Waals surface area contributed by atoms with Crippen LogP contribution in [0.5, 0.6) is 5.75 Å². The number of para-hydroxylation sites is 1. The highest BCUT2D eigenvalue weighted by molar-refractivity contribution is 5.95. The number of aryl methyl sites for hydroxylation is 1. The molecule has 4 atom stereocenters. The molecular weight excluding hydrogens is 432 g/mol. The van der Waals surface area contributed by atoms with E-state index in [0.29, 0.717) is 11.3 Å². The lowest BCUT2D eigenvalue weighted by Gasteiger charge is -2.43. The van der Waals surface area contributed by atoms with Crippen molar-refractivity contribution in [1.29, 1.82) is 0 Å². The Kier molecular flexibility index (Phi) is 6.95. The molecule has 3 aromatic rings. The molecule has 1 aliphatic heterocycles. The van der Waals surface area contributed by atoms with E-state index in [0.717, 1.165) is 16.1 Å². The first-order valence-electron chi connectivity index (χ1n) is 11.2. The summed E-state index contributed by atoms with van der Waals surface area (Å²) in [6.07, 6.45) is -4.05.